The van der Waals surface area contributed by atoms with Gasteiger partial charge in [-0.05, 0) is 16.7 Å². The van der Waals surface area contributed by atoms with E-state index >= 15 is 0 Å². The van der Waals surface area contributed by atoms with Crippen molar-refractivity contribution in [3.63, 3.8) is 0 Å². The lowest BCUT2D eigenvalue weighted by atomic mass is 9.77. The fourth-order valence-electron chi connectivity index (χ4n) is 3.72. The summed E-state index contributed by atoms with van der Waals surface area (Å²) in [6, 6.07) is 33.6. The zero-order valence-electron chi connectivity index (χ0n) is 15.7. The molecule has 0 fully saturated rings. The molecule has 0 bridgehead atoms. The van der Waals surface area contributed by atoms with Gasteiger partial charge in [-0.15, -0.1) is 6.58 Å². The molecule has 0 aliphatic carbocycles. The van der Waals surface area contributed by atoms with Crippen molar-refractivity contribution in [1.82, 2.24) is 9.78 Å². The van der Waals surface area contributed by atoms with Crippen LogP contribution in [-0.4, -0.2) is 16.3 Å². The Labute approximate surface area is 166 Å². The Morgan fingerprint density at radius 1 is 0.750 bits per heavy atom. The van der Waals surface area contributed by atoms with E-state index in [4.69, 9.17) is 5.10 Å². The summed E-state index contributed by atoms with van der Waals surface area (Å²) in [7, 11) is 0. The van der Waals surface area contributed by atoms with Crippen LogP contribution in [0.15, 0.2) is 116 Å². The summed E-state index contributed by atoms with van der Waals surface area (Å²) < 4.78 is 2.05. The Morgan fingerprint density at radius 3 is 1.64 bits per heavy atom. The molecule has 1 heterocycles. The molecule has 4 rings (SSSR count). The zero-order valence-corrected chi connectivity index (χ0v) is 15.7. The summed E-state index contributed by atoms with van der Waals surface area (Å²) in [4.78, 5) is 0. The van der Waals surface area contributed by atoms with E-state index in [0.717, 1.165) is 22.5 Å². The molecule has 0 aliphatic rings. The SMILES string of the molecule is C=CCNc1ccn(C(c2ccccc2)(c2ccccc2)c2ccccc2)n1. The third kappa shape index (κ3) is 3.12. The maximum absolute atomic E-state index is 4.91. The van der Waals surface area contributed by atoms with E-state index < -0.39 is 5.54 Å². The van der Waals surface area contributed by atoms with Crippen LogP contribution >= 0.6 is 0 Å². The average Bonchev–Trinajstić information content (AvgIpc) is 3.24. The average molecular weight is 365 g/mol. The quantitative estimate of drug-likeness (QED) is 0.355. The van der Waals surface area contributed by atoms with Crippen LogP contribution in [0.1, 0.15) is 16.7 Å². The molecule has 138 valence electrons. The molecular weight excluding hydrogens is 342 g/mol. The van der Waals surface area contributed by atoms with E-state index in [1.807, 2.05) is 36.5 Å². The lowest BCUT2D eigenvalue weighted by molar-refractivity contribution is 0.461. The predicted molar refractivity (Wildman–Crippen MR) is 116 cm³/mol. The van der Waals surface area contributed by atoms with Crippen molar-refractivity contribution < 1.29 is 0 Å². The fourth-order valence-corrected chi connectivity index (χ4v) is 3.72. The number of benzene rings is 3. The van der Waals surface area contributed by atoms with Gasteiger partial charge >= 0.3 is 0 Å². The van der Waals surface area contributed by atoms with Crippen LogP contribution in [0, 0.1) is 0 Å². The van der Waals surface area contributed by atoms with E-state index in [1.165, 1.54) is 0 Å². The van der Waals surface area contributed by atoms with Crippen molar-refractivity contribution in [2.75, 3.05) is 11.9 Å². The highest BCUT2D eigenvalue weighted by molar-refractivity contribution is 5.51. The minimum atomic E-state index is -0.572. The summed E-state index contributed by atoms with van der Waals surface area (Å²) in [5, 5.41) is 8.20. The van der Waals surface area contributed by atoms with Gasteiger partial charge < -0.3 is 5.32 Å². The topological polar surface area (TPSA) is 29.9 Å². The van der Waals surface area contributed by atoms with Crippen molar-refractivity contribution in [1.29, 1.82) is 0 Å². The Balaban J connectivity index is 2.01. The summed E-state index contributed by atoms with van der Waals surface area (Å²) in [5.41, 5.74) is 2.90. The van der Waals surface area contributed by atoms with Gasteiger partial charge in [0.1, 0.15) is 11.4 Å². The molecule has 1 N–H and O–H groups in total. The normalized spacial score (nSPS) is 11.1. The van der Waals surface area contributed by atoms with Gasteiger partial charge in [0.2, 0.25) is 0 Å². The standard InChI is InChI=1S/C25H23N3/c1-2-19-26-24-18-20-28(27-24)25(21-12-6-3-7-13-21,22-14-8-4-9-15-22)23-16-10-5-11-17-23/h2-18,20H,1,19H2,(H,26,27). The number of nitrogens with zero attached hydrogens (tertiary/aromatic N) is 2. The monoisotopic (exact) mass is 365 g/mol. The van der Waals surface area contributed by atoms with Crippen LogP contribution in [0.25, 0.3) is 0 Å². The first kappa shape index (κ1) is 17.8. The third-order valence-corrected chi connectivity index (χ3v) is 4.93. The maximum atomic E-state index is 4.91. The molecule has 3 aromatic carbocycles. The van der Waals surface area contributed by atoms with Gasteiger partial charge in [-0.3, -0.25) is 4.68 Å². The first-order valence-electron chi connectivity index (χ1n) is 9.43. The fraction of sp³-hybridized carbons (Fsp3) is 0.0800. The lowest BCUT2D eigenvalue weighted by Gasteiger charge is -2.36. The molecule has 28 heavy (non-hydrogen) atoms. The second kappa shape index (κ2) is 7.97. The van der Waals surface area contributed by atoms with Crippen LogP contribution in [0.2, 0.25) is 0 Å². The summed E-state index contributed by atoms with van der Waals surface area (Å²) in [6.45, 7) is 4.45. The van der Waals surface area contributed by atoms with Crippen molar-refractivity contribution >= 4 is 5.82 Å². The predicted octanol–water partition coefficient (Wildman–Crippen LogP) is 5.32. The lowest BCUT2D eigenvalue weighted by Crippen LogP contribution is -2.38. The van der Waals surface area contributed by atoms with Crippen LogP contribution in [0.4, 0.5) is 5.82 Å². The van der Waals surface area contributed by atoms with E-state index in [1.54, 1.807) is 0 Å². The highest BCUT2D eigenvalue weighted by atomic mass is 15.3. The number of aromatic nitrogens is 2. The maximum Gasteiger partial charge on any atom is 0.148 e. The molecule has 0 aliphatic heterocycles. The third-order valence-electron chi connectivity index (χ3n) is 4.93. The Bertz CT molecular complexity index is 924. The van der Waals surface area contributed by atoms with Crippen LogP contribution < -0.4 is 5.32 Å². The summed E-state index contributed by atoms with van der Waals surface area (Å²) in [6.07, 6.45) is 3.87. The molecule has 0 saturated carbocycles. The van der Waals surface area contributed by atoms with Gasteiger partial charge in [-0.25, -0.2) is 0 Å². The molecule has 0 saturated heterocycles. The largest absolute Gasteiger partial charge is 0.365 e. The molecule has 3 heteroatoms. The number of anilines is 1. The molecule has 3 nitrogen and oxygen atoms in total. The van der Waals surface area contributed by atoms with E-state index in [2.05, 4.69) is 89.4 Å². The Kier molecular flexibility index (Phi) is 5.07. The molecule has 0 spiro atoms. The van der Waals surface area contributed by atoms with Gasteiger partial charge in [0.15, 0.2) is 0 Å². The van der Waals surface area contributed by atoms with Crippen LogP contribution in [0.5, 0.6) is 0 Å². The number of rotatable bonds is 7. The van der Waals surface area contributed by atoms with E-state index in [-0.39, 0.29) is 0 Å². The van der Waals surface area contributed by atoms with Crippen molar-refractivity contribution in [3.05, 3.63) is 133 Å². The van der Waals surface area contributed by atoms with Gasteiger partial charge in [-0.2, -0.15) is 5.10 Å². The van der Waals surface area contributed by atoms with Crippen molar-refractivity contribution in [2.45, 2.75) is 5.54 Å². The van der Waals surface area contributed by atoms with Gasteiger partial charge in [0.05, 0.1) is 0 Å². The molecule has 0 radical (unpaired) electrons. The molecule has 1 aromatic heterocycles. The van der Waals surface area contributed by atoms with E-state index in [0.29, 0.717) is 6.54 Å². The minimum absolute atomic E-state index is 0.572. The molecule has 0 amide bonds. The number of hydrogen-bond donors (Lipinski definition) is 1. The number of nitrogens with one attached hydrogen (secondary N) is 1. The second-order valence-electron chi connectivity index (χ2n) is 6.62. The van der Waals surface area contributed by atoms with Crippen LogP contribution in [0.3, 0.4) is 0 Å². The highest BCUT2D eigenvalue weighted by Gasteiger charge is 2.39. The zero-order chi connectivity index (χ0) is 19.2. The van der Waals surface area contributed by atoms with E-state index in [9.17, 15) is 0 Å². The smallest absolute Gasteiger partial charge is 0.148 e. The molecular formula is C25H23N3. The Morgan fingerprint density at radius 2 is 1.21 bits per heavy atom. The highest BCUT2D eigenvalue weighted by Crippen LogP contribution is 2.40. The first-order valence-corrected chi connectivity index (χ1v) is 9.43. The first-order chi connectivity index (χ1) is 13.9. The summed E-state index contributed by atoms with van der Waals surface area (Å²) in [5.74, 6) is 0.826. The molecule has 4 aromatic rings. The van der Waals surface area contributed by atoms with Gasteiger partial charge in [0.25, 0.3) is 0 Å². The van der Waals surface area contributed by atoms with Crippen LogP contribution in [-0.2, 0) is 5.54 Å². The summed E-state index contributed by atoms with van der Waals surface area (Å²) >= 11 is 0. The van der Waals surface area contributed by atoms with Crippen molar-refractivity contribution in [3.8, 4) is 0 Å². The second-order valence-corrected chi connectivity index (χ2v) is 6.62. The van der Waals surface area contributed by atoms with Crippen molar-refractivity contribution in [2.24, 2.45) is 0 Å². The number of hydrogen-bond acceptors (Lipinski definition) is 2. The minimum Gasteiger partial charge on any atom is -0.365 e. The van der Waals surface area contributed by atoms with Gasteiger partial charge in [-0.1, -0.05) is 97.1 Å². The van der Waals surface area contributed by atoms with Gasteiger partial charge in [0, 0.05) is 18.8 Å². The Hall–Kier alpha value is -3.59. The molecule has 0 unspecified atom stereocenters. The molecule has 0 atom stereocenters.